The highest BCUT2D eigenvalue weighted by molar-refractivity contribution is 5.95. The van der Waals surface area contributed by atoms with Gasteiger partial charge in [-0.2, -0.15) is 0 Å². The van der Waals surface area contributed by atoms with Crippen LogP contribution < -0.4 is 22.1 Å². The molecule has 118 valence electrons. The largest absolute Gasteiger partial charge is 0.371 e. The van der Waals surface area contributed by atoms with Crippen LogP contribution in [0.4, 0.5) is 11.6 Å². The lowest BCUT2D eigenvalue weighted by atomic mass is 9.91. The summed E-state index contributed by atoms with van der Waals surface area (Å²) in [6.45, 7) is 4.00. The second-order valence-corrected chi connectivity index (χ2v) is 4.77. The van der Waals surface area contributed by atoms with Gasteiger partial charge in [-0.3, -0.25) is 4.79 Å². The predicted molar refractivity (Wildman–Crippen MR) is 85.3 cm³/mol. The molecule has 0 saturated heterocycles. The SMILES string of the molecule is CC.CNc1nc(NC2CCCCC2N)cnc1C(N)=O. The quantitative estimate of drug-likeness (QED) is 0.665. The summed E-state index contributed by atoms with van der Waals surface area (Å²) in [5.74, 6) is 0.386. The number of carbonyl (C=O) groups excluding carboxylic acids is 1. The normalized spacial score (nSPS) is 21.0. The molecule has 1 aliphatic carbocycles. The van der Waals surface area contributed by atoms with Gasteiger partial charge in [-0.05, 0) is 12.8 Å². The fraction of sp³-hybridized carbons (Fsp3) is 0.643. The van der Waals surface area contributed by atoms with Gasteiger partial charge >= 0.3 is 0 Å². The van der Waals surface area contributed by atoms with Crippen molar-refractivity contribution in [3.05, 3.63) is 11.9 Å². The molecule has 2 unspecified atom stereocenters. The van der Waals surface area contributed by atoms with Crippen molar-refractivity contribution in [1.29, 1.82) is 0 Å². The first kappa shape index (κ1) is 17.2. The average Bonchev–Trinajstić information content (AvgIpc) is 2.51. The van der Waals surface area contributed by atoms with Crippen LogP contribution in [-0.2, 0) is 0 Å². The highest BCUT2D eigenvalue weighted by Crippen LogP contribution is 2.21. The van der Waals surface area contributed by atoms with Gasteiger partial charge in [0.15, 0.2) is 11.5 Å². The van der Waals surface area contributed by atoms with Crippen LogP contribution in [0.2, 0.25) is 0 Å². The van der Waals surface area contributed by atoms with Gasteiger partial charge in [-0.15, -0.1) is 0 Å². The molecule has 0 radical (unpaired) electrons. The number of nitrogens with zero attached hydrogens (tertiary/aromatic N) is 2. The van der Waals surface area contributed by atoms with E-state index in [0.717, 1.165) is 19.3 Å². The summed E-state index contributed by atoms with van der Waals surface area (Å²) >= 11 is 0. The summed E-state index contributed by atoms with van der Waals surface area (Å²) in [4.78, 5) is 19.5. The first-order chi connectivity index (χ1) is 10.1. The van der Waals surface area contributed by atoms with E-state index in [1.807, 2.05) is 13.8 Å². The lowest BCUT2D eigenvalue weighted by Crippen LogP contribution is -2.42. The van der Waals surface area contributed by atoms with Crippen LogP contribution >= 0.6 is 0 Å². The molecule has 6 N–H and O–H groups in total. The van der Waals surface area contributed by atoms with Crippen molar-refractivity contribution in [1.82, 2.24) is 9.97 Å². The maximum absolute atomic E-state index is 11.2. The number of nitrogens with one attached hydrogen (secondary N) is 2. The molecule has 7 nitrogen and oxygen atoms in total. The van der Waals surface area contributed by atoms with Gasteiger partial charge in [0.25, 0.3) is 5.91 Å². The van der Waals surface area contributed by atoms with Crippen LogP contribution in [0.5, 0.6) is 0 Å². The van der Waals surface area contributed by atoms with Crippen molar-refractivity contribution in [2.45, 2.75) is 51.6 Å². The summed E-state index contributed by atoms with van der Waals surface area (Å²) in [5, 5.41) is 6.10. The Morgan fingerprint density at radius 1 is 1.33 bits per heavy atom. The van der Waals surface area contributed by atoms with E-state index in [4.69, 9.17) is 11.5 Å². The van der Waals surface area contributed by atoms with Crippen LogP contribution in [0.25, 0.3) is 0 Å². The van der Waals surface area contributed by atoms with Crippen molar-refractivity contribution < 1.29 is 4.79 Å². The third-order valence-corrected chi connectivity index (χ3v) is 3.40. The first-order valence-corrected chi connectivity index (χ1v) is 7.48. The number of anilines is 2. The number of hydrogen-bond acceptors (Lipinski definition) is 6. The topological polar surface area (TPSA) is 119 Å². The number of primary amides is 1. The molecule has 1 aromatic rings. The molecule has 1 aliphatic rings. The molecular formula is C14H26N6O. The van der Waals surface area contributed by atoms with Crippen molar-refractivity contribution in [2.75, 3.05) is 17.7 Å². The smallest absolute Gasteiger partial charge is 0.271 e. The van der Waals surface area contributed by atoms with E-state index < -0.39 is 5.91 Å². The number of carbonyl (C=O) groups is 1. The summed E-state index contributed by atoms with van der Waals surface area (Å²) < 4.78 is 0. The van der Waals surface area contributed by atoms with E-state index in [1.165, 1.54) is 12.6 Å². The molecule has 0 aromatic carbocycles. The maximum Gasteiger partial charge on any atom is 0.271 e. The predicted octanol–water partition coefficient (Wildman–Crippen LogP) is 1.33. The third kappa shape index (κ3) is 4.56. The summed E-state index contributed by atoms with van der Waals surface area (Å²) in [7, 11) is 1.67. The van der Waals surface area contributed by atoms with Gasteiger partial charge in [-0.25, -0.2) is 9.97 Å². The second kappa shape index (κ2) is 8.41. The number of aromatic nitrogens is 2. The van der Waals surface area contributed by atoms with Gasteiger partial charge in [-0.1, -0.05) is 26.7 Å². The van der Waals surface area contributed by atoms with E-state index in [9.17, 15) is 4.79 Å². The Kier molecular flexibility index (Phi) is 6.87. The zero-order valence-corrected chi connectivity index (χ0v) is 13.0. The first-order valence-electron chi connectivity index (χ1n) is 7.48. The number of rotatable bonds is 4. The zero-order valence-electron chi connectivity index (χ0n) is 13.0. The van der Waals surface area contributed by atoms with E-state index in [1.54, 1.807) is 7.05 Å². The fourth-order valence-corrected chi connectivity index (χ4v) is 2.34. The van der Waals surface area contributed by atoms with Crippen molar-refractivity contribution in [3.8, 4) is 0 Å². The van der Waals surface area contributed by atoms with Gasteiger partial charge in [0.2, 0.25) is 0 Å². The molecule has 0 bridgehead atoms. The monoisotopic (exact) mass is 294 g/mol. The minimum Gasteiger partial charge on any atom is -0.371 e. The van der Waals surface area contributed by atoms with Gasteiger partial charge in [0.1, 0.15) is 5.82 Å². The van der Waals surface area contributed by atoms with Crippen LogP contribution in [0.1, 0.15) is 50.0 Å². The molecule has 7 heteroatoms. The molecule has 1 amide bonds. The summed E-state index contributed by atoms with van der Waals surface area (Å²) in [6.07, 6.45) is 5.89. The highest BCUT2D eigenvalue weighted by atomic mass is 16.1. The Bertz CT molecular complexity index is 465. The number of amides is 1. The molecule has 0 aliphatic heterocycles. The van der Waals surface area contributed by atoms with Gasteiger partial charge in [0.05, 0.1) is 6.20 Å². The number of nitrogens with two attached hydrogens (primary N) is 2. The van der Waals surface area contributed by atoms with Crippen LogP contribution in [0.3, 0.4) is 0 Å². The molecule has 1 heterocycles. The molecule has 2 rings (SSSR count). The Morgan fingerprint density at radius 2 is 2.00 bits per heavy atom. The Balaban J connectivity index is 0.00000106. The molecule has 1 fully saturated rings. The molecule has 2 atom stereocenters. The van der Waals surface area contributed by atoms with E-state index in [2.05, 4.69) is 20.6 Å². The molecule has 1 saturated carbocycles. The van der Waals surface area contributed by atoms with Gasteiger partial charge < -0.3 is 22.1 Å². The molecular weight excluding hydrogens is 268 g/mol. The summed E-state index contributed by atoms with van der Waals surface area (Å²) in [5.41, 5.74) is 11.4. The highest BCUT2D eigenvalue weighted by Gasteiger charge is 2.22. The minimum absolute atomic E-state index is 0.129. The van der Waals surface area contributed by atoms with Gasteiger partial charge in [0, 0.05) is 19.1 Å². The Morgan fingerprint density at radius 3 is 2.57 bits per heavy atom. The standard InChI is InChI=1S/C12H20N6O.C2H6/c1-15-12-10(11(14)19)16-6-9(18-12)17-8-5-3-2-4-7(8)13;1-2/h6-8H,2-5,13H2,1H3,(H2,14,19)(H2,15,17,18);1-2H3. The van der Waals surface area contributed by atoms with E-state index in [0.29, 0.717) is 11.6 Å². The minimum atomic E-state index is -0.599. The molecule has 21 heavy (non-hydrogen) atoms. The lowest BCUT2D eigenvalue weighted by molar-refractivity contribution is 0.0996. The fourth-order valence-electron chi connectivity index (χ4n) is 2.34. The number of hydrogen-bond donors (Lipinski definition) is 4. The lowest BCUT2D eigenvalue weighted by Gasteiger charge is -2.29. The maximum atomic E-state index is 11.2. The van der Waals surface area contributed by atoms with Crippen molar-refractivity contribution in [2.24, 2.45) is 11.5 Å². The Labute approximate surface area is 125 Å². The van der Waals surface area contributed by atoms with Crippen molar-refractivity contribution >= 4 is 17.5 Å². The Hall–Kier alpha value is -1.89. The molecule has 0 spiro atoms. The van der Waals surface area contributed by atoms with Crippen LogP contribution in [0.15, 0.2) is 6.20 Å². The van der Waals surface area contributed by atoms with Crippen LogP contribution in [-0.4, -0.2) is 35.0 Å². The summed E-state index contributed by atoms with van der Waals surface area (Å²) in [6, 6.07) is 0.330. The van der Waals surface area contributed by atoms with Crippen molar-refractivity contribution in [3.63, 3.8) is 0 Å². The third-order valence-electron chi connectivity index (χ3n) is 3.40. The van der Waals surface area contributed by atoms with E-state index in [-0.39, 0.29) is 17.8 Å². The second-order valence-electron chi connectivity index (χ2n) is 4.77. The molecule has 1 aromatic heterocycles. The zero-order chi connectivity index (χ0) is 15.8. The van der Waals surface area contributed by atoms with Crippen LogP contribution in [0, 0.1) is 0 Å². The van der Waals surface area contributed by atoms with E-state index >= 15 is 0 Å². The average molecular weight is 294 g/mol.